The van der Waals surface area contributed by atoms with Gasteiger partial charge in [0.05, 0.1) is 7.11 Å². The summed E-state index contributed by atoms with van der Waals surface area (Å²) in [5.41, 5.74) is 7.11. The Hall–Kier alpha value is -2.02. The fourth-order valence-electron chi connectivity index (χ4n) is 2.55. The molecule has 3 N–H and O–H groups in total. The molecule has 3 nitrogen and oxygen atoms in total. The highest BCUT2D eigenvalue weighted by atomic mass is 16.5. The first-order valence-electron chi connectivity index (χ1n) is 7.20. The Kier molecular flexibility index (Phi) is 5.62. The molecule has 0 radical (unpaired) electrons. The van der Waals surface area contributed by atoms with Crippen molar-refractivity contribution in [3.05, 3.63) is 42.0 Å². The minimum atomic E-state index is 0.0599. The highest BCUT2D eigenvalue weighted by Crippen LogP contribution is 2.32. The number of hydrogen-bond acceptors (Lipinski definition) is 3. The molecule has 0 amide bonds. The van der Waals surface area contributed by atoms with Crippen molar-refractivity contribution in [2.75, 3.05) is 20.2 Å². The summed E-state index contributed by atoms with van der Waals surface area (Å²) < 4.78 is 5.54. The van der Waals surface area contributed by atoms with Crippen LogP contribution in [0.2, 0.25) is 0 Å². The Morgan fingerprint density at radius 3 is 2.76 bits per heavy atom. The van der Waals surface area contributed by atoms with Crippen LogP contribution in [0.3, 0.4) is 0 Å². The lowest BCUT2D eigenvalue weighted by Gasteiger charge is -2.21. The smallest absolute Gasteiger partial charge is 0.124 e. The van der Waals surface area contributed by atoms with Gasteiger partial charge in [-0.25, -0.2) is 0 Å². The molecule has 0 aliphatic rings. The number of rotatable bonds is 6. The van der Waals surface area contributed by atoms with E-state index in [-0.39, 0.29) is 6.04 Å². The maximum absolute atomic E-state index is 5.98. The third-order valence-electron chi connectivity index (χ3n) is 3.55. The van der Waals surface area contributed by atoms with Gasteiger partial charge >= 0.3 is 0 Å². The molecule has 0 aliphatic heterocycles. The monoisotopic (exact) mass is 282 g/mol. The summed E-state index contributed by atoms with van der Waals surface area (Å²) >= 11 is 0. The van der Waals surface area contributed by atoms with Gasteiger partial charge in [-0.15, -0.1) is 11.8 Å². The predicted octanol–water partition coefficient (Wildman–Crippen LogP) is 2.85. The summed E-state index contributed by atoms with van der Waals surface area (Å²) in [6, 6.07) is 12.4. The van der Waals surface area contributed by atoms with Crippen LogP contribution in [0, 0.1) is 11.8 Å². The van der Waals surface area contributed by atoms with Crippen molar-refractivity contribution in [3.8, 4) is 17.6 Å². The van der Waals surface area contributed by atoms with E-state index in [0.29, 0.717) is 6.54 Å². The Labute approximate surface area is 126 Å². The Balaban J connectivity index is 2.37. The van der Waals surface area contributed by atoms with Crippen LogP contribution in [0.15, 0.2) is 36.4 Å². The summed E-state index contributed by atoms with van der Waals surface area (Å²) in [4.78, 5) is 0. The minimum absolute atomic E-state index is 0.0599. The number of hydrogen-bond donors (Lipinski definition) is 2. The number of nitrogens with two attached hydrogens (primary N) is 1. The van der Waals surface area contributed by atoms with Crippen molar-refractivity contribution in [2.24, 2.45) is 5.73 Å². The molecule has 110 valence electrons. The van der Waals surface area contributed by atoms with Crippen molar-refractivity contribution in [2.45, 2.75) is 19.4 Å². The molecular weight excluding hydrogens is 260 g/mol. The molecule has 0 spiro atoms. The zero-order valence-corrected chi connectivity index (χ0v) is 12.6. The van der Waals surface area contributed by atoms with Crippen LogP contribution in [0.25, 0.3) is 10.8 Å². The molecule has 2 aromatic rings. The minimum Gasteiger partial charge on any atom is -0.496 e. The zero-order chi connectivity index (χ0) is 15.1. The third-order valence-corrected chi connectivity index (χ3v) is 3.55. The Morgan fingerprint density at radius 2 is 2.05 bits per heavy atom. The standard InChI is InChI=1S/C18H22N2O/c1-3-4-7-12-20-16(13-19)18-15-9-6-5-8-14(15)10-11-17(18)21-2/h5-6,8-11,16,20H,7,12-13,19H2,1-2H3. The van der Waals surface area contributed by atoms with Crippen LogP contribution in [0.4, 0.5) is 0 Å². The van der Waals surface area contributed by atoms with Crippen LogP contribution in [-0.2, 0) is 0 Å². The molecule has 21 heavy (non-hydrogen) atoms. The van der Waals surface area contributed by atoms with Gasteiger partial charge in [0, 0.05) is 31.1 Å². The predicted molar refractivity (Wildman–Crippen MR) is 88.4 cm³/mol. The third kappa shape index (κ3) is 3.55. The van der Waals surface area contributed by atoms with Gasteiger partial charge in [0.1, 0.15) is 5.75 Å². The zero-order valence-electron chi connectivity index (χ0n) is 12.6. The normalized spacial score (nSPS) is 11.8. The van der Waals surface area contributed by atoms with Gasteiger partial charge in [-0.2, -0.15) is 0 Å². The molecule has 0 fully saturated rings. The van der Waals surface area contributed by atoms with E-state index in [1.807, 2.05) is 25.1 Å². The second-order valence-electron chi connectivity index (χ2n) is 4.82. The molecule has 0 bridgehead atoms. The van der Waals surface area contributed by atoms with E-state index in [1.165, 1.54) is 10.8 Å². The van der Waals surface area contributed by atoms with E-state index in [4.69, 9.17) is 10.5 Å². The molecule has 0 saturated heterocycles. The number of methoxy groups -OCH3 is 1. The first-order chi connectivity index (χ1) is 10.3. The van der Waals surface area contributed by atoms with Crippen LogP contribution >= 0.6 is 0 Å². The second kappa shape index (κ2) is 7.68. The number of fused-ring (bicyclic) bond motifs is 1. The lowest BCUT2D eigenvalue weighted by atomic mass is 9.97. The van der Waals surface area contributed by atoms with Crippen LogP contribution in [0.1, 0.15) is 24.9 Å². The van der Waals surface area contributed by atoms with Gasteiger partial charge in [0.15, 0.2) is 0 Å². The fraction of sp³-hybridized carbons (Fsp3) is 0.333. The molecule has 0 saturated carbocycles. The van der Waals surface area contributed by atoms with E-state index >= 15 is 0 Å². The van der Waals surface area contributed by atoms with E-state index in [2.05, 4.69) is 35.4 Å². The summed E-state index contributed by atoms with van der Waals surface area (Å²) in [5, 5.41) is 5.86. The Bertz CT molecular complexity index is 655. The van der Waals surface area contributed by atoms with Crippen molar-refractivity contribution in [1.29, 1.82) is 0 Å². The first-order valence-corrected chi connectivity index (χ1v) is 7.20. The molecule has 1 atom stereocenters. The molecule has 0 heterocycles. The average molecular weight is 282 g/mol. The first kappa shape index (κ1) is 15.4. The molecule has 3 heteroatoms. The number of benzene rings is 2. The second-order valence-corrected chi connectivity index (χ2v) is 4.82. The van der Waals surface area contributed by atoms with Gasteiger partial charge < -0.3 is 15.8 Å². The maximum Gasteiger partial charge on any atom is 0.124 e. The lowest BCUT2D eigenvalue weighted by Crippen LogP contribution is -2.29. The van der Waals surface area contributed by atoms with Crippen LogP contribution in [0.5, 0.6) is 5.75 Å². The summed E-state index contributed by atoms with van der Waals surface area (Å²) in [6.45, 7) is 3.19. The van der Waals surface area contributed by atoms with Gasteiger partial charge in [0.2, 0.25) is 0 Å². The van der Waals surface area contributed by atoms with Gasteiger partial charge in [-0.3, -0.25) is 0 Å². The van der Waals surface area contributed by atoms with Crippen LogP contribution in [-0.4, -0.2) is 20.2 Å². The van der Waals surface area contributed by atoms with Gasteiger partial charge in [0.25, 0.3) is 0 Å². The van der Waals surface area contributed by atoms with E-state index < -0.39 is 0 Å². The highest BCUT2D eigenvalue weighted by molar-refractivity contribution is 5.88. The van der Waals surface area contributed by atoms with Crippen molar-refractivity contribution in [3.63, 3.8) is 0 Å². The van der Waals surface area contributed by atoms with Crippen molar-refractivity contribution >= 4 is 10.8 Å². The van der Waals surface area contributed by atoms with Crippen molar-refractivity contribution in [1.82, 2.24) is 5.32 Å². The van der Waals surface area contributed by atoms with Gasteiger partial charge in [-0.05, 0) is 23.8 Å². The molecular formula is C18H22N2O. The molecule has 1 unspecified atom stereocenters. The maximum atomic E-state index is 5.98. The molecule has 2 rings (SSSR count). The SMILES string of the molecule is CC#CCCNC(CN)c1c(OC)ccc2ccccc12. The lowest BCUT2D eigenvalue weighted by molar-refractivity contribution is 0.401. The number of nitrogens with one attached hydrogen (secondary N) is 1. The molecule has 0 aromatic heterocycles. The van der Waals surface area contributed by atoms with Crippen LogP contribution < -0.4 is 15.8 Å². The average Bonchev–Trinajstić information content (AvgIpc) is 2.54. The van der Waals surface area contributed by atoms with Gasteiger partial charge in [-0.1, -0.05) is 30.3 Å². The topological polar surface area (TPSA) is 47.3 Å². The summed E-state index contributed by atoms with van der Waals surface area (Å²) in [7, 11) is 1.70. The molecule has 0 aliphatic carbocycles. The highest BCUT2D eigenvalue weighted by Gasteiger charge is 2.17. The van der Waals surface area contributed by atoms with E-state index in [1.54, 1.807) is 7.11 Å². The Morgan fingerprint density at radius 1 is 1.24 bits per heavy atom. The summed E-state index contributed by atoms with van der Waals surface area (Å²) in [5.74, 6) is 6.84. The van der Waals surface area contributed by atoms with Crippen molar-refractivity contribution < 1.29 is 4.74 Å². The summed E-state index contributed by atoms with van der Waals surface area (Å²) in [6.07, 6.45) is 0.820. The fourth-order valence-corrected chi connectivity index (χ4v) is 2.55. The van der Waals surface area contributed by atoms with E-state index in [9.17, 15) is 0 Å². The van der Waals surface area contributed by atoms with E-state index in [0.717, 1.165) is 24.3 Å². The largest absolute Gasteiger partial charge is 0.496 e. The molecule has 2 aromatic carbocycles. The quantitative estimate of drug-likeness (QED) is 0.632. The number of ether oxygens (including phenoxy) is 1.